The maximum atomic E-state index is 12.7. The maximum Gasteiger partial charge on any atom is 0.461 e. The average Bonchev–Trinajstić information content (AvgIpc) is 2.39. The summed E-state index contributed by atoms with van der Waals surface area (Å²) in [4.78, 5) is 11.0. The van der Waals surface area contributed by atoms with E-state index in [0.29, 0.717) is 12.0 Å². The zero-order chi connectivity index (χ0) is 14.8. The molecule has 0 radical (unpaired) electrons. The molecule has 0 aromatic heterocycles. The molecule has 1 N–H and O–H groups in total. The maximum absolute atomic E-state index is 12.7. The van der Waals surface area contributed by atoms with Crippen molar-refractivity contribution in [3.8, 4) is 5.75 Å². The smallest absolute Gasteiger partial charge is 0.449 e. The van der Waals surface area contributed by atoms with Crippen LogP contribution in [0.1, 0.15) is 18.0 Å². The van der Waals surface area contributed by atoms with Crippen molar-refractivity contribution in [1.82, 2.24) is 5.32 Å². The highest BCUT2D eigenvalue weighted by Crippen LogP contribution is 2.29. The van der Waals surface area contributed by atoms with E-state index in [1.54, 1.807) is 0 Å². The van der Waals surface area contributed by atoms with Crippen LogP contribution < -0.4 is 10.1 Å². The van der Waals surface area contributed by atoms with E-state index >= 15 is 0 Å². The van der Waals surface area contributed by atoms with E-state index in [9.17, 15) is 22.4 Å². The fraction of sp³-hybridized carbons (Fsp3) is 0.417. The summed E-state index contributed by atoms with van der Waals surface area (Å²) in [5.74, 6) is -0.377. The lowest BCUT2D eigenvalue weighted by molar-refractivity contribution is -0.253. The first-order chi connectivity index (χ1) is 9.38. The molecule has 1 fully saturated rings. The molecule has 20 heavy (non-hydrogen) atoms. The molecule has 0 spiro atoms. The van der Waals surface area contributed by atoms with Crippen LogP contribution in [0.4, 0.5) is 22.4 Å². The monoisotopic (exact) mass is 293 g/mol. The molecular formula is C12H11F4NO3. The molecular weight excluding hydrogens is 282 g/mol. The Labute approximate surface area is 111 Å². The lowest BCUT2D eigenvalue weighted by Gasteiger charge is -2.24. The van der Waals surface area contributed by atoms with Crippen molar-refractivity contribution in [2.24, 2.45) is 0 Å². The summed E-state index contributed by atoms with van der Waals surface area (Å²) in [5, 5.41) is 2.55. The van der Waals surface area contributed by atoms with Gasteiger partial charge in [0.15, 0.2) is 0 Å². The van der Waals surface area contributed by atoms with E-state index in [1.165, 1.54) is 12.1 Å². The van der Waals surface area contributed by atoms with E-state index in [4.69, 9.17) is 0 Å². The molecule has 1 atom stereocenters. The van der Waals surface area contributed by atoms with Crippen LogP contribution >= 0.6 is 0 Å². The highest BCUT2D eigenvalue weighted by Gasteiger charge is 2.43. The first-order valence-electron chi connectivity index (χ1n) is 5.77. The Hall–Kier alpha value is -1.99. The first kappa shape index (κ1) is 14.4. The van der Waals surface area contributed by atoms with Crippen LogP contribution in [0, 0.1) is 0 Å². The van der Waals surface area contributed by atoms with Crippen molar-refractivity contribution in [2.45, 2.75) is 25.0 Å². The number of benzene rings is 1. The van der Waals surface area contributed by atoms with Crippen molar-refractivity contribution in [3.63, 3.8) is 0 Å². The van der Waals surface area contributed by atoms with Crippen LogP contribution in [0.15, 0.2) is 24.3 Å². The summed E-state index contributed by atoms with van der Waals surface area (Å²) >= 11 is 0. The van der Waals surface area contributed by atoms with Gasteiger partial charge in [0.25, 0.3) is 0 Å². The zero-order valence-corrected chi connectivity index (χ0v) is 10.1. The minimum Gasteiger partial charge on any atom is -0.449 e. The van der Waals surface area contributed by atoms with Crippen LogP contribution in [0.25, 0.3) is 0 Å². The molecule has 4 nitrogen and oxygen atoms in total. The summed E-state index contributed by atoms with van der Waals surface area (Å²) in [6.07, 6.45) is -8.48. The van der Waals surface area contributed by atoms with Gasteiger partial charge in [-0.3, -0.25) is 0 Å². The second-order valence-electron chi connectivity index (χ2n) is 4.16. The molecule has 2 rings (SSSR count). The number of cyclic esters (lactones) is 1. The van der Waals surface area contributed by atoms with Crippen LogP contribution in [-0.2, 0) is 4.74 Å². The lowest BCUT2D eigenvalue weighted by atomic mass is 10.0. The third kappa shape index (κ3) is 3.31. The fourth-order valence-corrected chi connectivity index (χ4v) is 1.75. The quantitative estimate of drug-likeness (QED) is 0.868. The molecule has 1 saturated heterocycles. The number of nitrogens with one attached hydrogen (secondary N) is 1. The summed E-state index contributed by atoms with van der Waals surface area (Å²) < 4.78 is 58.0. The summed E-state index contributed by atoms with van der Waals surface area (Å²) in [7, 11) is 0. The second kappa shape index (κ2) is 5.56. The third-order valence-corrected chi connectivity index (χ3v) is 2.72. The highest BCUT2D eigenvalue weighted by atomic mass is 19.3. The average molecular weight is 293 g/mol. The van der Waals surface area contributed by atoms with E-state index < -0.39 is 18.6 Å². The lowest BCUT2D eigenvalue weighted by Crippen LogP contribution is -2.35. The van der Waals surface area contributed by atoms with E-state index in [0.717, 1.165) is 12.1 Å². The van der Waals surface area contributed by atoms with Crippen LogP contribution in [0.5, 0.6) is 5.75 Å². The molecule has 0 aliphatic carbocycles. The molecule has 1 aromatic carbocycles. The van der Waals surface area contributed by atoms with Crippen molar-refractivity contribution in [3.05, 3.63) is 29.8 Å². The number of rotatable bonds is 4. The number of alkyl carbamates (subject to hydrolysis) is 1. The Morgan fingerprint density at radius 1 is 1.30 bits per heavy atom. The van der Waals surface area contributed by atoms with E-state index in [1.807, 2.05) is 0 Å². The predicted molar refractivity (Wildman–Crippen MR) is 59.9 cm³/mol. The van der Waals surface area contributed by atoms with Crippen molar-refractivity contribution in [2.75, 3.05) is 6.61 Å². The standard InChI is InChI=1S/C12H11F4NO3/c13-10(14)12(15,16)20-8-3-1-7(2-4-8)9-5-6-19-11(18)17-9/h1-4,9-10H,5-6H2,(H,17,18)/t9-/m1/s1. The number of ether oxygens (including phenoxy) is 2. The first-order valence-corrected chi connectivity index (χ1v) is 5.77. The van der Waals surface area contributed by atoms with Gasteiger partial charge >= 0.3 is 18.6 Å². The number of amides is 1. The summed E-state index contributed by atoms with van der Waals surface area (Å²) in [6, 6.07) is 4.83. The molecule has 0 bridgehead atoms. The van der Waals surface area contributed by atoms with Gasteiger partial charge < -0.3 is 14.8 Å². The van der Waals surface area contributed by atoms with Crippen LogP contribution in [0.2, 0.25) is 0 Å². The summed E-state index contributed by atoms with van der Waals surface area (Å²) in [5.41, 5.74) is 0.648. The van der Waals surface area contributed by atoms with Gasteiger partial charge in [0.2, 0.25) is 0 Å². The summed E-state index contributed by atoms with van der Waals surface area (Å²) in [6.45, 7) is 0.248. The number of hydrogen-bond donors (Lipinski definition) is 1. The zero-order valence-electron chi connectivity index (χ0n) is 10.1. The van der Waals surface area contributed by atoms with Crippen molar-refractivity contribution in [1.29, 1.82) is 0 Å². The SMILES string of the molecule is O=C1N[C@@H](c2ccc(OC(F)(F)C(F)F)cc2)CCO1. The highest BCUT2D eigenvalue weighted by molar-refractivity contribution is 5.68. The van der Waals surface area contributed by atoms with Gasteiger partial charge in [-0.1, -0.05) is 12.1 Å². The van der Waals surface area contributed by atoms with Gasteiger partial charge in [0.1, 0.15) is 5.75 Å². The number of alkyl halides is 4. The number of carbonyl (C=O) groups is 1. The topological polar surface area (TPSA) is 47.6 Å². The van der Waals surface area contributed by atoms with Gasteiger partial charge in [0.05, 0.1) is 12.6 Å². The van der Waals surface area contributed by atoms with Crippen LogP contribution in [0.3, 0.4) is 0 Å². The Kier molecular flexibility index (Phi) is 4.01. The molecule has 1 aliphatic rings. The Bertz CT molecular complexity index is 478. The van der Waals surface area contributed by atoms with E-state index in [2.05, 4.69) is 14.8 Å². The van der Waals surface area contributed by atoms with Gasteiger partial charge in [-0.2, -0.15) is 17.6 Å². The Morgan fingerprint density at radius 2 is 1.95 bits per heavy atom. The Balaban J connectivity index is 2.04. The Morgan fingerprint density at radius 3 is 2.50 bits per heavy atom. The van der Waals surface area contributed by atoms with Crippen LogP contribution in [-0.4, -0.2) is 25.2 Å². The molecule has 1 aliphatic heterocycles. The fourth-order valence-electron chi connectivity index (χ4n) is 1.75. The normalized spacial score (nSPS) is 19.4. The van der Waals surface area contributed by atoms with Crippen molar-refractivity contribution >= 4 is 6.09 Å². The predicted octanol–water partition coefficient (Wildman–Crippen LogP) is 3.09. The number of halogens is 4. The van der Waals surface area contributed by atoms with Gasteiger partial charge in [-0.15, -0.1) is 0 Å². The van der Waals surface area contributed by atoms with Crippen molar-refractivity contribution < 1.29 is 31.8 Å². The molecule has 0 unspecified atom stereocenters. The van der Waals surface area contributed by atoms with E-state index in [-0.39, 0.29) is 18.4 Å². The van der Waals surface area contributed by atoms with Gasteiger partial charge in [-0.05, 0) is 17.7 Å². The molecule has 110 valence electrons. The minimum absolute atomic E-state index is 0.248. The number of carbonyl (C=O) groups excluding carboxylic acids is 1. The third-order valence-electron chi connectivity index (χ3n) is 2.72. The largest absolute Gasteiger partial charge is 0.461 e. The molecule has 8 heteroatoms. The van der Waals surface area contributed by atoms with Gasteiger partial charge in [0, 0.05) is 6.42 Å². The minimum atomic E-state index is -4.53. The molecule has 0 saturated carbocycles. The molecule has 1 aromatic rings. The number of hydrogen-bond acceptors (Lipinski definition) is 3. The second-order valence-corrected chi connectivity index (χ2v) is 4.16. The van der Waals surface area contributed by atoms with Gasteiger partial charge in [-0.25, -0.2) is 4.79 Å². The molecule has 1 heterocycles. The molecule has 1 amide bonds.